The Hall–Kier alpha value is -1.12. The van der Waals surface area contributed by atoms with Gasteiger partial charge < -0.3 is 5.32 Å². The Labute approximate surface area is 92.6 Å². The number of amides is 1. The maximum atomic E-state index is 13.3. The largest absolute Gasteiger partial charge is 0.326 e. The van der Waals surface area contributed by atoms with Crippen molar-refractivity contribution in [3.8, 4) is 6.07 Å². The highest BCUT2D eigenvalue weighted by molar-refractivity contribution is 9.10. The SMILES string of the molecule is N#Cc1c(F)c(Br)cc(Cl)c1NC=O. The Kier molecular flexibility index (Phi) is 3.44. The van der Waals surface area contributed by atoms with E-state index in [2.05, 4.69) is 21.2 Å². The molecule has 0 fully saturated rings. The molecule has 0 unspecified atom stereocenters. The van der Waals surface area contributed by atoms with E-state index in [9.17, 15) is 9.18 Å². The van der Waals surface area contributed by atoms with Crippen LogP contribution in [0.15, 0.2) is 10.5 Å². The highest BCUT2D eigenvalue weighted by Gasteiger charge is 2.15. The van der Waals surface area contributed by atoms with Crippen molar-refractivity contribution in [2.24, 2.45) is 0 Å². The summed E-state index contributed by atoms with van der Waals surface area (Å²) in [6, 6.07) is 2.89. The Balaban J connectivity index is 3.48. The van der Waals surface area contributed by atoms with E-state index in [1.807, 2.05) is 0 Å². The molecule has 14 heavy (non-hydrogen) atoms. The van der Waals surface area contributed by atoms with E-state index in [0.29, 0.717) is 6.41 Å². The average molecular weight is 277 g/mol. The molecule has 0 radical (unpaired) electrons. The van der Waals surface area contributed by atoms with Crippen molar-refractivity contribution in [3.63, 3.8) is 0 Å². The van der Waals surface area contributed by atoms with E-state index < -0.39 is 5.82 Å². The molecule has 1 rings (SSSR count). The lowest BCUT2D eigenvalue weighted by atomic mass is 10.2. The van der Waals surface area contributed by atoms with Crippen LogP contribution < -0.4 is 5.32 Å². The Morgan fingerprint density at radius 3 is 2.86 bits per heavy atom. The molecule has 0 saturated carbocycles. The summed E-state index contributed by atoms with van der Waals surface area (Å²) >= 11 is 8.59. The minimum Gasteiger partial charge on any atom is -0.326 e. The fourth-order valence-electron chi connectivity index (χ4n) is 0.900. The van der Waals surface area contributed by atoms with Gasteiger partial charge in [-0.1, -0.05) is 11.6 Å². The van der Waals surface area contributed by atoms with Crippen LogP contribution in [-0.2, 0) is 4.79 Å². The van der Waals surface area contributed by atoms with Crippen LogP contribution in [0.5, 0.6) is 0 Å². The highest BCUT2D eigenvalue weighted by Crippen LogP contribution is 2.32. The molecule has 1 aromatic rings. The maximum absolute atomic E-state index is 13.3. The molecule has 0 atom stereocenters. The molecule has 72 valence electrons. The number of nitriles is 1. The van der Waals surface area contributed by atoms with Gasteiger partial charge in [-0.3, -0.25) is 4.79 Å². The molecule has 1 amide bonds. The second kappa shape index (κ2) is 4.40. The summed E-state index contributed by atoms with van der Waals surface area (Å²) in [5, 5.41) is 10.9. The molecule has 0 heterocycles. The first kappa shape index (κ1) is 11.0. The number of carbonyl (C=O) groups excluding carboxylic acids is 1. The fourth-order valence-corrected chi connectivity index (χ4v) is 1.72. The topological polar surface area (TPSA) is 52.9 Å². The van der Waals surface area contributed by atoms with Gasteiger partial charge in [-0.05, 0) is 22.0 Å². The third-order valence-corrected chi connectivity index (χ3v) is 2.36. The molecule has 3 nitrogen and oxygen atoms in total. The second-order valence-electron chi connectivity index (χ2n) is 2.28. The van der Waals surface area contributed by atoms with E-state index >= 15 is 0 Å². The minimum absolute atomic E-state index is 0.0233. The van der Waals surface area contributed by atoms with E-state index in [0.717, 1.165) is 0 Å². The zero-order valence-electron chi connectivity index (χ0n) is 6.64. The van der Waals surface area contributed by atoms with Crippen molar-refractivity contribution in [2.75, 3.05) is 5.32 Å². The molecule has 0 spiro atoms. The van der Waals surface area contributed by atoms with Crippen LogP contribution in [0.25, 0.3) is 0 Å². The Bertz CT molecular complexity index is 430. The lowest BCUT2D eigenvalue weighted by molar-refractivity contribution is -0.105. The first-order valence-corrected chi connectivity index (χ1v) is 4.56. The number of carbonyl (C=O) groups is 1. The molecule has 0 aliphatic heterocycles. The Morgan fingerprint density at radius 2 is 2.36 bits per heavy atom. The van der Waals surface area contributed by atoms with Crippen molar-refractivity contribution in [3.05, 3.63) is 26.9 Å². The molecule has 6 heteroatoms. The van der Waals surface area contributed by atoms with Gasteiger partial charge in [-0.15, -0.1) is 0 Å². The van der Waals surface area contributed by atoms with Gasteiger partial charge >= 0.3 is 0 Å². The van der Waals surface area contributed by atoms with Gasteiger partial charge in [-0.2, -0.15) is 5.26 Å². The highest BCUT2D eigenvalue weighted by atomic mass is 79.9. The monoisotopic (exact) mass is 276 g/mol. The van der Waals surface area contributed by atoms with Gasteiger partial charge in [0.05, 0.1) is 15.2 Å². The van der Waals surface area contributed by atoms with Crippen molar-refractivity contribution in [1.29, 1.82) is 5.26 Å². The second-order valence-corrected chi connectivity index (χ2v) is 3.54. The summed E-state index contributed by atoms with van der Waals surface area (Å²) in [7, 11) is 0. The quantitative estimate of drug-likeness (QED) is 0.667. The summed E-state index contributed by atoms with van der Waals surface area (Å²) in [5.41, 5.74) is -0.318. The zero-order valence-corrected chi connectivity index (χ0v) is 8.99. The summed E-state index contributed by atoms with van der Waals surface area (Å²) in [6.07, 6.45) is 0.329. The van der Waals surface area contributed by atoms with E-state index in [4.69, 9.17) is 16.9 Å². The van der Waals surface area contributed by atoms with Gasteiger partial charge in [0.2, 0.25) is 6.41 Å². The van der Waals surface area contributed by atoms with E-state index in [1.54, 1.807) is 6.07 Å². The minimum atomic E-state index is -0.749. The zero-order chi connectivity index (χ0) is 10.7. The number of anilines is 1. The lowest BCUT2D eigenvalue weighted by Gasteiger charge is -2.06. The van der Waals surface area contributed by atoms with Crippen molar-refractivity contribution >= 4 is 39.6 Å². The first-order chi connectivity index (χ1) is 6.61. The standard InChI is InChI=1S/C8H3BrClFN2O/c9-5-1-6(10)8(13-3-14)4(2-12)7(5)11/h1,3H,(H,13,14). The van der Waals surface area contributed by atoms with Crippen LogP contribution in [-0.4, -0.2) is 6.41 Å². The summed E-state index contributed by atoms with van der Waals surface area (Å²) in [4.78, 5) is 10.2. The number of halogens is 3. The summed E-state index contributed by atoms with van der Waals surface area (Å²) < 4.78 is 13.4. The van der Waals surface area contributed by atoms with Gasteiger partial charge in [0.25, 0.3) is 0 Å². The third-order valence-electron chi connectivity index (χ3n) is 1.49. The number of rotatable bonds is 2. The predicted octanol–water partition coefficient (Wildman–Crippen LogP) is 2.68. The Morgan fingerprint density at radius 1 is 1.71 bits per heavy atom. The molecule has 0 aliphatic carbocycles. The predicted molar refractivity (Wildman–Crippen MR) is 53.5 cm³/mol. The number of benzene rings is 1. The third kappa shape index (κ3) is 1.86. The molecular weight excluding hydrogens is 274 g/mol. The number of hydrogen-bond acceptors (Lipinski definition) is 2. The molecule has 0 aliphatic rings. The number of nitrogens with zero attached hydrogens (tertiary/aromatic N) is 1. The summed E-state index contributed by atoms with van der Waals surface area (Å²) in [5.74, 6) is -0.749. The normalized spacial score (nSPS) is 9.29. The molecule has 0 bridgehead atoms. The average Bonchev–Trinajstić information content (AvgIpc) is 2.15. The van der Waals surface area contributed by atoms with E-state index in [-0.39, 0.29) is 20.7 Å². The molecule has 1 aromatic carbocycles. The first-order valence-electron chi connectivity index (χ1n) is 3.39. The van der Waals surface area contributed by atoms with Crippen LogP contribution >= 0.6 is 27.5 Å². The van der Waals surface area contributed by atoms with Gasteiger partial charge in [0.1, 0.15) is 11.6 Å². The van der Waals surface area contributed by atoms with Crippen LogP contribution in [0.1, 0.15) is 5.56 Å². The van der Waals surface area contributed by atoms with Crippen molar-refractivity contribution < 1.29 is 9.18 Å². The fraction of sp³-hybridized carbons (Fsp3) is 0. The van der Waals surface area contributed by atoms with E-state index in [1.165, 1.54) is 6.07 Å². The summed E-state index contributed by atoms with van der Waals surface area (Å²) in [6.45, 7) is 0. The molecule has 1 N–H and O–H groups in total. The van der Waals surface area contributed by atoms with Crippen molar-refractivity contribution in [1.82, 2.24) is 0 Å². The smallest absolute Gasteiger partial charge is 0.211 e. The number of hydrogen-bond donors (Lipinski definition) is 1. The van der Waals surface area contributed by atoms with Crippen LogP contribution in [0.2, 0.25) is 5.02 Å². The molecular formula is C8H3BrClFN2O. The lowest BCUT2D eigenvalue weighted by Crippen LogP contribution is -2.00. The molecule has 0 saturated heterocycles. The maximum Gasteiger partial charge on any atom is 0.211 e. The van der Waals surface area contributed by atoms with Gasteiger partial charge in [0, 0.05) is 0 Å². The molecule has 0 aromatic heterocycles. The van der Waals surface area contributed by atoms with Crippen LogP contribution in [0.3, 0.4) is 0 Å². The van der Waals surface area contributed by atoms with Gasteiger partial charge in [0.15, 0.2) is 5.82 Å². The van der Waals surface area contributed by atoms with Crippen LogP contribution in [0, 0.1) is 17.1 Å². The van der Waals surface area contributed by atoms with Crippen LogP contribution in [0.4, 0.5) is 10.1 Å². The van der Waals surface area contributed by atoms with Crippen molar-refractivity contribution in [2.45, 2.75) is 0 Å². The van der Waals surface area contributed by atoms with Gasteiger partial charge in [-0.25, -0.2) is 4.39 Å². The number of nitrogens with one attached hydrogen (secondary N) is 1.